The minimum atomic E-state index is -0.366. The molecule has 3 rings (SSSR count). The fourth-order valence-corrected chi connectivity index (χ4v) is 2.39. The highest BCUT2D eigenvalue weighted by Crippen LogP contribution is 2.19. The fraction of sp³-hybridized carbons (Fsp3) is 0.167. The molecule has 0 atom stereocenters. The summed E-state index contributed by atoms with van der Waals surface area (Å²) in [6.45, 7) is 2.53. The molecule has 21 heavy (non-hydrogen) atoms. The van der Waals surface area contributed by atoms with Gasteiger partial charge in [0.05, 0.1) is 11.3 Å². The van der Waals surface area contributed by atoms with Gasteiger partial charge in [-0.1, -0.05) is 23.2 Å². The van der Waals surface area contributed by atoms with Crippen molar-refractivity contribution in [3.63, 3.8) is 0 Å². The third kappa shape index (κ3) is 2.57. The first-order valence-electron chi connectivity index (χ1n) is 6.12. The zero-order valence-electron chi connectivity index (χ0n) is 10.9. The Hall–Kier alpha value is -2.12. The van der Waals surface area contributed by atoms with Crippen molar-refractivity contribution >= 4 is 46.2 Å². The minimum Gasteiger partial charge on any atom is -0.342 e. The van der Waals surface area contributed by atoms with E-state index in [0.717, 1.165) is 0 Å². The molecule has 0 bridgehead atoms. The Bertz CT molecular complexity index is 824. The molecule has 0 aliphatic rings. The lowest BCUT2D eigenvalue weighted by Gasteiger charge is -2.06. The molecule has 0 saturated carbocycles. The summed E-state index contributed by atoms with van der Waals surface area (Å²) in [5.74, 6) is -0.278. The number of anilines is 1. The molecule has 0 unspecified atom stereocenters. The molecule has 3 aromatic rings. The SMILES string of the molecule is CCn1cc(Cl)cc1C(=O)Nc1nc(Cl)c2[nH]cnc2n1. The molecule has 3 heterocycles. The van der Waals surface area contributed by atoms with Gasteiger partial charge in [-0.3, -0.25) is 10.1 Å². The number of halogens is 2. The summed E-state index contributed by atoms with van der Waals surface area (Å²) < 4.78 is 1.73. The van der Waals surface area contributed by atoms with Gasteiger partial charge in [0.15, 0.2) is 10.8 Å². The maximum Gasteiger partial charge on any atom is 0.274 e. The molecule has 0 aromatic carbocycles. The van der Waals surface area contributed by atoms with Crippen molar-refractivity contribution < 1.29 is 4.79 Å². The van der Waals surface area contributed by atoms with Crippen LogP contribution in [0.15, 0.2) is 18.6 Å². The Morgan fingerprint density at radius 2 is 2.24 bits per heavy atom. The summed E-state index contributed by atoms with van der Waals surface area (Å²) in [5.41, 5.74) is 1.33. The van der Waals surface area contributed by atoms with E-state index in [1.54, 1.807) is 16.8 Å². The highest BCUT2D eigenvalue weighted by atomic mass is 35.5. The Balaban J connectivity index is 1.92. The van der Waals surface area contributed by atoms with Gasteiger partial charge in [-0.05, 0) is 13.0 Å². The zero-order valence-corrected chi connectivity index (χ0v) is 12.4. The number of aromatic nitrogens is 5. The van der Waals surface area contributed by atoms with E-state index in [4.69, 9.17) is 23.2 Å². The number of aromatic amines is 1. The number of imidazole rings is 1. The van der Waals surface area contributed by atoms with E-state index >= 15 is 0 Å². The number of nitrogens with one attached hydrogen (secondary N) is 2. The van der Waals surface area contributed by atoms with E-state index in [0.29, 0.717) is 28.4 Å². The molecule has 9 heteroatoms. The molecule has 0 fully saturated rings. The Kier molecular flexibility index (Phi) is 3.52. The average molecular weight is 325 g/mol. The van der Waals surface area contributed by atoms with Gasteiger partial charge in [-0.25, -0.2) is 4.98 Å². The van der Waals surface area contributed by atoms with Crippen molar-refractivity contribution in [3.05, 3.63) is 34.5 Å². The smallest absolute Gasteiger partial charge is 0.274 e. The van der Waals surface area contributed by atoms with Crippen LogP contribution in [0.5, 0.6) is 0 Å². The van der Waals surface area contributed by atoms with Crippen molar-refractivity contribution in [2.45, 2.75) is 13.5 Å². The van der Waals surface area contributed by atoms with Crippen LogP contribution in [0.2, 0.25) is 10.2 Å². The predicted octanol–water partition coefficient (Wildman–Crippen LogP) is 2.73. The summed E-state index contributed by atoms with van der Waals surface area (Å²) in [5, 5.41) is 3.27. The first-order valence-corrected chi connectivity index (χ1v) is 6.87. The van der Waals surface area contributed by atoms with Crippen LogP contribution in [0.3, 0.4) is 0 Å². The number of amides is 1. The van der Waals surface area contributed by atoms with Crippen LogP contribution in [-0.2, 0) is 6.54 Å². The van der Waals surface area contributed by atoms with Crippen LogP contribution in [0.1, 0.15) is 17.4 Å². The van der Waals surface area contributed by atoms with E-state index in [9.17, 15) is 4.79 Å². The van der Waals surface area contributed by atoms with Crippen LogP contribution in [0, 0.1) is 0 Å². The quantitative estimate of drug-likeness (QED) is 0.725. The standard InChI is InChI=1S/C12H10Cl2N6O/c1-2-20-4-6(13)3-7(20)11(21)19-12-17-9(14)8-10(18-12)16-5-15-8/h3-5H,2H2,1H3,(H2,15,16,17,18,19,21). The second-order valence-electron chi connectivity index (χ2n) is 4.22. The lowest BCUT2D eigenvalue weighted by molar-refractivity contribution is 0.101. The minimum absolute atomic E-state index is 0.0876. The largest absolute Gasteiger partial charge is 0.342 e. The molecular weight excluding hydrogens is 315 g/mol. The summed E-state index contributed by atoms with van der Waals surface area (Å²) >= 11 is 11.9. The molecule has 2 N–H and O–H groups in total. The molecule has 0 saturated heterocycles. The predicted molar refractivity (Wildman–Crippen MR) is 79.8 cm³/mol. The molecule has 108 valence electrons. The van der Waals surface area contributed by atoms with Gasteiger partial charge in [0, 0.05) is 12.7 Å². The van der Waals surface area contributed by atoms with Crippen molar-refractivity contribution in [2.24, 2.45) is 0 Å². The van der Waals surface area contributed by atoms with Crippen LogP contribution >= 0.6 is 23.2 Å². The first-order chi connectivity index (χ1) is 10.1. The topological polar surface area (TPSA) is 88.5 Å². The lowest BCUT2D eigenvalue weighted by Crippen LogP contribution is -2.18. The third-order valence-corrected chi connectivity index (χ3v) is 3.38. The van der Waals surface area contributed by atoms with Crippen LogP contribution in [0.25, 0.3) is 11.2 Å². The number of carbonyl (C=O) groups excluding carboxylic acids is 1. The van der Waals surface area contributed by atoms with Crippen LogP contribution in [0.4, 0.5) is 5.95 Å². The van der Waals surface area contributed by atoms with Gasteiger partial charge in [0.2, 0.25) is 5.95 Å². The van der Waals surface area contributed by atoms with Gasteiger partial charge in [0.1, 0.15) is 11.2 Å². The normalized spacial score (nSPS) is 11.0. The Labute approximate surface area is 129 Å². The number of carbonyl (C=O) groups is 1. The number of hydrogen-bond donors (Lipinski definition) is 2. The van der Waals surface area contributed by atoms with E-state index in [1.807, 2.05) is 6.92 Å². The number of rotatable bonds is 3. The third-order valence-electron chi connectivity index (χ3n) is 2.90. The summed E-state index contributed by atoms with van der Waals surface area (Å²) in [4.78, 5) is 27.2. The molecule has 3 aromatic heterocycles. The first kappa shape index (κ1) is 13.8. The average Bonchev–Trinajstić information content (AvgIpc) is 3.04. The van der Waals surface area contributed by atoms with Gasteiger partial charge >= 0.3 is 0 Å². The molecule has 0 aliphatic carbocycles. The monoisotopic (exact) mass is 324 g/mol. The van der Waals surface area contributed by atoms with Crippen molar-refractivity contribution in [1.29, 1.82) is 0 Å². The number of aryl methyl sites for hydroxylation is 1. The van der Waals surface area contributed by atoms with Crippen molar-refractivity contribution in [1.82, 2.24) is 24.5 Å². The number of H-pyrrole nitrogens is 1. The summed E-state index contributed by atoms with van der Waals surface area (Å²) in [7, 11) is 0. The maximum atomic E-state index is 12.3. The number of hydrogen-bond acceptors (Lipinski definition) is 4. The van der Waals surface area contributed by atoms with Crippen molar-refractivity contribution in [3.8, 4) is 0 Å². The van der Waals surface area contributed by atoms with Crippen molar-refractivity contribution in [2.75, 3.05) is 5.32 Å². The van der Waals surface area contributed by atoms with E-state index < -0.39 is 0 Å². The lowest BCUT2D eigenvalue weighted by atomic mass is 10.4. The molecule has 1 amide bonds. The van der Waals surface area contributed by atoms with Gasteiger partial charge < -0.3 is 9.55 Å². The molecule has 0 radical (unpaired) electrons. The van der Waals surface area contributed by atoms with E-state index in [-0.39, 0.29) is 17.0 Å². The van der Waals surface area contributed by atoms with Crippen LogP contribution < -0.4 is 5.32 Å². The van der Waals surface area contributed by atoms with E-state index in [1.165, 1.54) is 6.33 Å². The highest BCUT2D eigenvalue weighted by Gasteiger charge is 2.15. The summed E-state index contributed by atoms with van der Waals surface area (Å²) in [6, 6.07) is 1.58. The van der Waals surface area contributed by atoms with E-state index in [2.05, 4.69) is 25.3 Å². The fourth-order valence-electron chi connectivity index (χ4n) is 1.95. The number of nitrogens with zero attached hydrogens (tertiary/aromatic N) is 4. The maximum absolute atomic E-state index is 12.3. The Morgan fingerprint density at radius 3 is 3.00 bits per heavy atom. The molecule has 0 spiro atoms. The second kappa shape index (κ2) is 5.34. The Morgan fingerprint density at radius 1 is 1.43 bits per heavy atom. The van der Waals surface area contributed by atoms with Gasteiger partial charge in [-0.2, -0.15) is 9.97 Å². The highest BCUT2D eigenvalue weighted by molar-refractivity contribution is 6.33. The van der Waals surface area contributed by atoms with Crippen LogP contribution in [-0.4, -0.2) is 30.4 Å². The number of fused-ring (bicyclic) bond motifs is 1. The summed E-state index contributed by atoms with van der Waals surface area (Å²) in [6.07, 6.45) is 3.14. The van der Waals surface area contributed by atoms with Gasteiger partial charge in [-0.15, -0.1) is 0 Å². The molecule has 0 aliphatic heterocycles. The zero-order chi connectivity index (χ0) is 15.0. The second-order valence-corrected chi connectivity index (χ2v) is 5.02. The van der Waals surface area contributed by atoms with Gasteiger partial charge in [0.25, 0.3) is 5.91 Å². The molecule has 7 nitrogen and oxygen atoms in total. The molecular formula is C12H10Cl2N6O.